The van der Waals surface area contributed by atoms with Gasteiger partial charge in [0.25, 0.3) is 0 Å². The van der Waals surface area contributed by atoms with Crippen LogP contribution < -0.4 is 0 Å². The topological polar surface area (TPSA) is 0 Å². The lowest BCUT2D eigenvalue weighted by Crippen LogP contribution is -2.48. The molecule has 4 aliphatic carbocycles. The summed E-state index contributed by atoms with van der Waals surface area (Å²) in [5.41, 5.74) is 4.31. The van der Waals surface area contributed by atoms with Crippen LogP contribution in [-0.4, -0.2) is 0 Å². The molecule has 1 heteroatoms. The Morgan fingerprint density at radius 1 is 1.09 bits per heavy atom. The molecule has 2 saturated carbocycles. The zero-order chi connectivity index (χ0) is 15.5. The zero-order valence-corrected chi connectivity index (χ0v) is 15.3. The largest absolute Gasteiger partial charge is 0.148 e. The second-order valence-corrected chi connectivity index (χ2v) is 9.21. The highest BCUT2D eigenvalue weighted by Crippen LogP contribution is 2.65. The Hall–Kier alpha value is -0.430. The molecule has 0 aromatic heterocycles. The van der Waals surface area contributed by atoms with Gasteiger partial charge in [-0.1, -0.05) is 31.6 Å². The molecule has 0 amide bonds. The third-order valence-corrected chi connectivity index (χ3v) is 8.30. The SMILES string of the molecule is C/C=C1/CCC2C3CC=C4C=C(S)CCC4(C)C3CCC12C. The van der Waals surface area contributed by atoms with Crippen LogP contribution in [0.5, 0.6) is 0 Å². The van der Waals surface area contributed by atoms with Crippen LogP contribution in [0.25, 0.3) is 0 Å². The summed E-state index contributed by atoms with van der Waals surface area (Å²) in [6, 6.07) is 0. The summed E-state index contributed by atoms with van der Waals surface area (Å²) >= 11 is 4.64. The summed E-state index contributed by atoms with van der Waals surface area (Å²) in [5.74, 6) is 2.74. The average Bonchev–Trinajstić information content (AvgIpc) is 2.84. The first-order valence-electron chi connectivity index (χ1n) is 9.25. The molecule has 0 heterocycles. The predicted molar refractivity (Wildman–Crippen MR) is 97.9 cm³/mol. The maximum atomic E-state index is 4.64. The third-order valence-electron chi connectivity index (χ3n) is 7.94. The minimum absolute atomic E-state index is 0.426. The van der Waals surface area contributed by atoms with Gasteiger partial charge in [-0.15, -0.1) is 12.6 Å². The van der Waals surface area contributed by atoms with Gasteiger partial charge in [0.1, 0.15) is 0 Å². The molecule has 0 spiro atoms. The van der Waals surface area contributed by atoms with Crippen molar-refractivity contribution in [3.63, 3.8) is 0 Å². The van der Waals surface area contributed by atoms with Gasteiger partial charge in [-0.3, -0.25) is 0 Å². The van der Waals surface area contributed by atoms with Crippen molar-refractivity contribution >= 4 is 12.6 Å². The van der Waals surface area contributed by atoms with Crippen LogP contribution >= 0.6 is 12.6 Å². The minimum Gasteiger partial charge on any atom is -0.148 e. The monoisotopic (exact) mass is 314 g/mol. The molecular formula is C21H30S. The summed E-state index contributed by atoms with van der Waals surface area (Å²) in [7, 11) is 0. The minimum atomic E-state index is 0.426. The lowest BCUT2D eigenvalue weighted by atomic mass is 9.48. The van der Waals surface area contributed by atoms with Crippen molar-refractivity contribution in [2.24, 2.45) is 28.6 Å². The Kier molecular flexibility index (Phi) is 3.46. The molecule has 4 aliphatic rings. The quantitative estimate of drug-likeness (QED) is 0.392. The van der Waals surface area contributed by atoms with Crippen LogP contribution in [0.3, 0.4) is 0 Å². The van der Waals surface area contributed by atoms with Crippen molar-refractivity contribution in [2.45, 2.75) is 65.7 Å². The summed E-state index contributed by atoms with van der Waals surface area (Å²) in [4.78, 5) is 1.29. The molecule has 0 bridgehead atoms. The van der Waals surface area contributed by atoms with Crippen molar-refractivity contribution in [1.82, 2.24) is 0 Å². The highest BCUT2D eigenvalue weighted by atomic mass is 32.1. The molecule has 5 atom stereocenters. The summed E-state index contributed by atoms with van der Waals surface area (Å²) < 4.78 is 0. The van der Waals surface area contributed by atoms with E-state index in [0.29, 0.717) is 10.8 Å². The normalized spacial score (nSPS) is 49.1. The summed E-state index contributed by atoms with van der Waals surface area (Å²) in [5, 5.41) is 0. The van der Waals surface area contributed by atoms with Gasteiger partial charge < -0.3 is 0 Å². The molecule has 4 rings (SSSR count). The number of hydrogen-bond donors (Lipinski definition) is 1. The van der Waals surface area contributed by atoms with Crippen LogP contribution in [0.2, 0.25) is 0 Å². The van der Waals surface area contributed by atoms with Gasteiger partial charge in [0.2, 0.25) is 0 Å². The van der Waals surface area contributed by atoms with E-state index in [1.54, 1.807) is 11.1 Å². The second kappa shape index (κ2) is 5.03. The smallest absolute Gasteiger partial charge is 0.00437 e. The van der Waals surface area contributed by atoms with Crippen molar-refractivity contribution in [1.29, 1.82) is 0 Å². The van der Waals surface area contributed by atoms with E-state index in [4.69, 9.17) is 0 Å². The van der Waals surface area contributed by atoms with Gasteiger partial charge >= 0.3 is 0 Å². The number of rotatable bonds is 0. The second-order valence-electron chi connectivity index (χ2n) is 8.63. The number of hydrogen-bond acceptors (Lipinski definition) is 1. The van der Waals surface area contributed by atoms with Crippen molar-refractivity contribution < 1.29 is 0 Å². The van der Waals surface area contributed by atoms with E-state index < -0.39 is 0 Å². The van der Waals surface area contributed by atoms with E-state index in [1.165, 1.54) is 49.9 Å². The summed E-state index contributed by atoms with van der Waals surface area (Å²) in [6.07, 6.45) is 16.8. The highest BCUT2D eigenvalue weighted by Gasteiger charge is 2.56. The maximum absolute atomic E-state index is 4.64. The Labute approximate surface area is 141 Å². The van der Waals surface area contributed by atoms with Crippen LogP contribution in [0.4, 0.5) is 0 Å². The van der Waals surface area contributed by atoms with E-state index in [2.05, 4.69) is 51.6 Å². The first kappa shape index (κ1) is 15.1. The van der Waals surface area contributed by atoms with Gasteiger partial charge in [-0.2, -0.15) is 0 Å². The Balaban J connectivity index is 1.72. The molecule has 22 heavy (non-hydrogen) atoms. The van der Waals surface area contributed by atoms with Gasteiger partial charge in [0.05, 0.1) is 0 Å². The third kappa shape index (κ3) is 1.90. The molecule has 5 unspecified atom stereocenters. The molecule has 0 radical (unpaired) electrons. The Bertz CT molecular complexity index is 581. The first-order valence-corrected chi connectivity index (χ1v) is 9.69. The maximum Gasteiger partial charge on any atom is -0.00437 e. The lowest BCUT2D eigenvalue weighted by molar-refractivity contribution is -0.00590. The molecule has 2 fully saturated rings. The number of allylic oxidation sites excluding steroid dienone is 6. The zero-order valence-electron chi connectivity index (χ0n) is 14.4. The van der Waals surface area contributed by atoms with Crippen molar-refractivity contribution in [2.75, 3.05) is 0 Å². The van der Waals surface area contributed by atoms with Crippen LogP contribution in [0.1, 0.15) is 65.7 Å². The van der Waals surface area contributed by atoms with Gasteiger partial charge in [-0.05, 0) is 97.0 Å². The van der Waals surface area contributed by atoms with Crippen LogP contribution in [0.15, 0.2) is 34.3 Å². The van der Waals surface area contributed by atoms with Crippen LogP contribution in [0, 0.1) is 28.6 Å². The van der Waals surface area contributed by atoms with Gasteiger partial charge in [0.15, 0.2) is 0 Å². The molecule has 0 N–H and O–H groups in total. The Morgan fingerprint density at radius 3 is 2.64 bits per heavy atom. The molecule has 0 saturated heterocycles. The van der Waals surface area contributed by atoms with E-state index in [0.717, 1.165) is 17.8 Å². The number of fused-ring (bicyclic) bond motifs is 5. The first-order chi connectivity index (χ1) is 10.5. The number of thiol groups is 1. The fraction of sp³-hybridized carbons (Fsp3) is 0.714. The molecule has 0 nitrogen and oxygen atoms in total. The van der Waals surface area contributed by atoms with E-state index >= 15 is 0 Å². The molecule has 120 valence electrons. The Morgan fingerprint density at radius 2 is 1.86 bits per heavy atom. The standard InChI is InChI=1S/C21H30S/c1-4-14-6-8-18-17-7-5-15-13-16(22)9-11-21(15,3)19(17)10-12-20(14,18)2/h4-5,13,17-19,22H,6-12H2,1-3H3/b14-4-. The average molecular weight is 315 g/mol. The van der Waals surface area contributed by atoms with Gasteiger partial charge in [0, 0.05) is 0 Å². The molecule has 0 aliphatic heterocycles. The van der Waals surface area contributed by atoms with E-state index in [-0.39, 0.29) is 0 Å². The van der Waals surface area contributed by atoms with Gasteiger partial charge in [-0.25, -0.2) is 0 Å². The predicted octanol–water partition coefficient (Wildman–Crippen LogP) is 6.32. The van der Waals surface area contributed by atoms with Crippen LogP contribution in [-0.2, 0) is 0 Å². The fourth-order valence-corrected chi connectivity index (χ4v) is 6.88. The fourth-order valence-electron chi connectivity index (χ4n) is 6.63. The highest BCUT2D eigenvalue weighted by molar-refractivity contribution is 7.84. The van der Waals surface area contributed by atoms with Crippen molar-refractivity contribution in [3.05, 3.63) is 34.3 Å². The summed E-state index contributed by atoms with van der Waals surface area (Å²) in [6.45, 7) is 7.39. The molecular weight excluding hydrogens is 284 g/mol. The van der Waals surface area contributed by atoms with E-state index in [9.17, 15) is 0 Å². The molecule has 0 aromatic carbocycles. The van der Waals surface area contributed by atoms with Crippen molar-refractivity contribution in [3.8, 4) is 0 Å². The molecule has 0 aromatic rings. The van der Waals surface area contributed by atoms with E-state index in [1.807, 2.05) is 0 Å². The lowest BCUT2D eigenvalue weighted by Gasteiger charge is -2.56.